The Bertz CT molecular complexity index is 442. The minimum atomic E-state index is -0.113. The highest BCUT2D eigenvalue weighted by Crippen LogP contribution is 2.23. The first-order valence-corrected chi connectivity index (χ1v) is 6.63. The zero-order chi connectivity index (χ0) is 14.4. The van der Waals surface area contributed by atoms with Gasteiger partial charge in [-0.3, -0.25) is 0 Å². The molecular formula is C15H24N2O2. The normalized spacial score (nSPS) is 10.4. The first kappa shape index (κ1) is 15.3. The van der Waals surface area contributed by atoms with Crippen LogP contribution in [0.25, 0.3) is 0 Å². The van der Waals surface area contributed by atoms with E-state index in [2.05, 4.69) is 30.5 Å². The Kier molecular flexibility index (Phi) is 5.67. The van der Waals surface area contributed by atoms with Gasteiger partial charge in [0.2, 0.25) is 0 Å². The SMILES string of the molecule is COc1ccc(CCNC(=O)NC(C)C)c(C)c1C. The standard InChI is InChI=1S/C15H24N2O2/c1-10(2)17-15(18)16-9-8-13-6-7-14(19-5)12(4)11(13)3/h6-7,10H,8-9H2,1-5H3,(H2,16,17,18). The molecule has 1 aromatic carbocycles. The van der Waals surface area contributed by atoms with E-state index in [1.165, 1.54) is 11.1 Å². The smallest absolute Gasteiger partial charge is 0.314 e. The molecule has 106 valence electrons. The van der Waals surface area contributed by atoms with E-state index in [1.807, 2.05) is 19.9 Å². The number of rotatable bonds is 5. The van der Waals surface area contributed by atoms with Crippen molar-refractivity contribution in [3.63, 3.8) is 0 Å². The molecule has 0 unspecified atom stereocenters. The number of urea groups is 1. The maximum Gasteiger partial charge on any atom is 0.314 e. The maximum atomic E-state index is 11.5. The van der Waals surface area contributed by atoms with Crippen molar-refractivity contribution in [3.05, 3.63) is 28.8 Å². The number of benzene rings is 1. The van der Waals surface area contributed by atoms with E-state index in [-0.39, 0.29) is 12.1 Å². The van der Waals surface area contributed by atoms with Gasteiger partial charge in [0, 0.05) is 12.6 Å². The van der Waals surface area contributed by atoms with E-state index in [0.717, 1.165) is 17.7 Å². The van der Waals surface area contributed by atoms with Gasteiger partial charge in [-0.05, 0) is 56.9 Å². The predicted octanol–water partition coefficient (Wildman–Crippen LogP) is 2.56. The summed E-state index contributed by atoms with van der Waals surface area (Å²) in [5, 5.41) is 5.66. The molecule has 2 N–H and O–H groups in total. The number of hydrogen-bond donors (Lipinski definition) is 2. The third kappa shape index (κ3) is 4.47. The molecule has 0 saturated heterocycles. The molecule has 0 heterocycles. The Labute approximate surface area is 115 Å². The van der Waals surface area contributed by atoms with Crippen molar-refractivity contribution < 1.29 is 9.53 Å². The Morgan fingerprint density at radius 2 is 1.95 bits per heavy atom. The van der Waals surface area contributed by atoms with Crippen LogP contribution in [-0.2, 0) is 6.42 Å². The first-order chi connectivity index (χ1) is 8.95. The molecule has 0 radical (unpaired) electrons. The molecule has 0 atom stereocenters. The fourth-order valence-corrected chi connectivity index (χ4v) is 1.97. The van der Waals surface area contributed by atoms with Crippen LogP contribution in [0, 0.1) is 13.8 Å². The minimum Gasteiger partial charge on any atom is -0.496 e. The zero-order valence-electron chi connectivity index (χ0n) is 12.5. The van der Waals surface area contributed by atoms with Gasteiger partial charge in [-0.1, -0.05) is 6.07 Å². The first-order valence-electron chi connectivity index (χ1n) is 6.63. The number of methoxy groups -OCH3 is 1. The van der Waals surface area contributed by atoms with Crippen LogP contribution >= 0.6 is 0 Å². The van der Waals surface area contributed by atoms with Gasteiger partial charge < -0.3 is 15.4 Å². The fourth-order valence-electron chi connectivity index (χ4n) is 1.97. The van der Waals surface area contributed by atoms with Crippen LogP contribution in [0.3, 0.4) is 0 Å². The largest absolute Gasteiger partial charge is 0.496 e. The summed E-state index contributed by atoms with van der Waals surface area (Å²) in [5.41, 5.74) is 3.63. The highest BCUT2D eigenvalue weighted by Gasteiger charge is 2.07. The Morgan fingerprint density at radius 3 is 2.53 bits per heavy atom. The third-order valence-corrected chi connectivity index (χ3v) is 3.17. The molecule has 0 aromatic heterocycles. The third-order valence-electron chi connectivity index (χ3n) is 3.17. The summed E-state index contributed by atoms with van der Waals surface area (Å²) >= 11 is 0. The van der Waals surface area contributed by atoms with Crippen molar-refractivity contribution in [2.75, 3.05) is 13.7 Å². The lowest BCUT2D eigenvalue weighted by molar-refractivity contribution is 0.238. The second-order valence-electron chi connectivity index (χ2n) is 4.98. The molecule has 0 spiro atoms. The van der Waals surface area contributed by atoms with Crippen molar-refractivity contribution in [2.24, 2.45) is 0 Å². The van der Waals surface area contributed by atoms with Crippen LogP contribution in [0.15, 0.2) is 12.1 Å². The Balaban J connectivity index is 2.55. The van der Waals surface area contributed by atoms with Crippen molar-refractivity contribution in [2.45, 2.75) is 40.2 Å². The molecule has 4 heteroatoms. The monoisotopic (exact) mass is 264 g/mol. The van der Waals surface area contributed by atoms with Crippen molar-refractivity contribution in [1.82, 2.24) is 10.6 Å². The zero-order valence-corrected chi connectivity index (χ0v) is 12.5. The van der Waals surface area contributed by atoms with Crippen LogP contribution in [0.4, 0.5) is 4.79 Å². The molecule has 0 aliphatic carbocycles. The summed E-state index contributed by atoms with van der Waals surface area (Å²) in [7, 11) is 1.68. The summed E-state index contributed by atoms with van der Waals surface area (Å²) < 4.78 is 5.29. The van der Waals surface area contributed by atoms with Gasteiger partial charge in [-0.15, -0.1) is 0 Å². The number of carbonyl (C=O) groups is 1. The lowest BCUT2D eigenvalue weighted by atomic mass is 10.00. The molecule has 0 aliphatic rings. The molecule has 1 rings (SSSR count). The van der Waals surface area contributed by atoms with Gasteiger partial charge in [0.1, 0.15) is 5.75 Å². The lowest BCUT2D eigenvalue weighted by Gasteiger charge is -2.14. The number of amides is 2. The van der Waals surface area contributed by atoms with Crippen LogP contribution in [-0.4, -0.2) is 25.7 Å². The van der Waals surface area contributed by atoms with E-state index in [1.54, 1.807) is 7.11 Å². The summed E-state index contributed by atoms with van der Waals surface area (Å²) in [6, 6.07) is 4.08. The molecule has 1 aromatic rings. The van der Waals surface area contributed by atoms with Crippen LogP contribution in [0.1, 0.15) is 30.5 Å². The fraction of sp³-hybridized carbons (Fsp3) is 0.533. The summed E-state index contributed by atoms with van der Waals surface area (Å²) in [4.78, 5) is 11.5. The van der Waals surface area contributed by atoms with Crippen LogP contribution in [0.2, 0.25) is 0 Å². The molecule has 19 heavy (non-hydrogen) atoms. The van der Waals surface area contributed by atoms with Gasteiger partial charge in [0.25, 0.3) is 0 Å². The van der Waals surface area contributed by atoms with E-state index in [0.29, 0.717) is 6.54 Å². The Hall–Kier alpha value is -1.71. The van der Waals surface area contributed by atoms with Crippen molar-refractivity contribution in [3.8, 4) is 5.75 Å². The minimum absolute atomic E-state index is 0.113. The quantitative estimate of drug-likeness (QED) is 0.858. The summed E-state index contributed by atoms with van der Waals surface area (Å²) in [6.07, 6.45) is 0.822. The number of hydrogen-bond acceptors (Lipinski definition) is 2. The average Bonchev–Trinajstić information content (AvgIpc) is 2.34. The molecule has 2 amide bonds. The highest BCUT2D eigenvalue weighted by atomic mass is 16.5. The second-order valence-corrected chi connectivity index (χ2v) is 4.98. The summed E-state index contributed by atoms with van der Waals surface area (Å²) in [5.74, 6) is 0.909. The molecule has 0 fully saturated rings. The van der Waals surface area contributed by atoms with Gasteiger partial charge in [0.15, 0.2) is 0 Å². The van der Waals surface area contributed by atoms with E-state index >= 15 is 0 Å². The van der Waals surface area contributed by atoms with Gasteiger partial charge >= 0.3 is 6.03 Å². The van der Waals surface area contributed by atoms with E-state index in [4.69, 9.17) is 4.74 Å². The summed E-state index contributed by atoms with van der Waals surface area (Å²) in [6.45, 7) is 8.65. The van der Waals surface area contributed by atoms with Gasteiger partial charge in [-0.2, -0.15) is 0 Å². The number of nitrogens with one attached hydrogen (secondary N) is 2. The number of carbonyl (C=O) groups excluding carboxylic acids is 1. The van der Waals surface area contributed by atoms with Crippen LogP contribution < -0.4 is 15.4 Å². The van der Waals surface area contributed by atoms with Crippen molar-refractivity contribution >= 4 is 6.03 Å². The average molecular weight is 264 g/mol. The Morgan fingerprint density at radius 1 is 1.26 bits per heavy atom. The lowest BCUT2D eigenvalue weighted by Crippen LogP contribution is -2.40. The van der Waals surface area contributed by atoms with Crippen LogP contribution in [0.5, 0.6) is 5.75 Å². The van der Waals surface area contributed by atoms with Gasteiger partial charge in [-0.25, -0.2) is 4.79 Å². The molecular weight excluding hydrogens is 240 g/mol. The van der Waals surface area contributed by atoms with Crippen molar-refractivity contribution in [1.29, 1.82) is 0 Å². The topological polar surface area (TPSA) is 50.4 Å². The van der Waals surface area contributed by atoms with E-state index in [9.17, 15) is 4.79 Å². The predicted molar refractivity (Wildman–Crippen MR) is 77.8 cm³/mol. The van der Waals surface area contributed by atoms with E-state index < -0.39 is 0 Å². The second kappa shape index (κ2) is 7.02. The highest BCUT2D eigenvalue weighted by molar-refractivity contribution is 5.74. The molecule has 0 saturated carbocycles. The maximum absolute atomic E-state index is 11.5. The van der Waals surface area contributed by atoms with Gasteiger partial charge in [0.05, 0.1) is 7.11 Å². The number of ether oxygens (including phenoxy) is 1. The molecule has 0 bridgehead atoms. The molecule has 4 nitrogen and oxygen atoms in total. The molecule has 0 aliphatic heterocycles.